The van der Waals surface area contributed by atoms with Gasteiger partial charge in [0, 0.05) is 10.8 Å². The van der Waals surface area contributed by atoms with Crippen molar-refractivity contribution in [1.82, 2.24) is 0 Å². The molecule has 11 aromatic carbocycles. The van der Waals surface area contributed by atoms with Crippen LogP contribution in [-0.2, 0) is 5.41 Å². The molecule has 0 saturated heterocycles. The van der Waals surface area contributed by atoms with Crippen LogP contribution in [0.1, 0.15) is 22.3 Å². The molecule has 0 radical (unpaired) electrons. The third-order valence-electron chi connectivity index (χ3n) is 13.6. The second-order valence-electron chi connectivity index (χ2n) is 16.3. The zero-order valence-electron chi connectivity index (χ0n) is 31.4. The van der Waals surface area contributed by atoms with Gasteiger partial charge in [-0.2, -0.15) is 0 Å². The third kappa shape index (κ3) is 3.77. The summed E-state index contributed by atoms with van der Waals surface area (Å²) in [6.45, 7) is 0. The van der Waals surface area contributed by atoms with Crippen LogP contribution in [-0.4, -0.2) is 0 Å². The van der Waals surface area contributed by atoms with Crippen molar-refractivity contribution < 1.29 is 4.42 Å². The van der Waals surface area contributed by atoms with Gasteiger partial charge in [0.05, 0.1) is 5.41 Å². The molecule has 0 bridgehead atoms. The second-order valence-corrected chi connectivity index (χ2v) is 16.3. The van der Waals surface area contributed by atoms with E-state index in [-0.39, 0.29) is 0 Å². The summed E-state index contributed by atoms with van der Waals surface area (Å²) in [6, 6.07) is 72.8. The minimum Gasteiger partial charge on any atom is -0.456 e. The van der Waals surface area contributed by atoms with Gasteiger partial charge in [0.1, 0.15) is 11.2 Å². The second kappa shape index (κ2) is 10.9. The van der Waals surface area contributed by atoms with Crippen molar-refractivity contribution in [2.45, 2.75) is 5.41 Å². The molecule has 1 heteroatoms. The van der Waals surface area contributed by atoms with E-state index in [0.29, 0.717) is 0 Å². The highest BCUT2D eigenvalue weighted by Crippen LogP contribution is 2.65. The van der Waals surface area contributed by atoms with Crippen molar-refractivity contribution in [1.29, 1.82) is 0 Å². The molecule has 0 unspecified atom stereocenters. The Hall–Kier alpha value is -7.48. The number of hydrogen-bond donors (Lipinski definition) is 0. The van der Waals surface area contributed by atoms with Gasteiger partial charge in [-0.15, -0.1) is 0 Å². The minimum atomic E-state index is -0.494. The molecule has 0 N–H and O–H groups in total. The topological polar surface area (TPSA) is 13.1 Å². The molecule has 1 spiro atoms. The van der Waals surface area contributed by atoms with Crippen LogP contribution in [0.4, 0.5) is 0 Å². The van der Waals surface area contributed by atoms with E-state index in [1.54, 1.807) is 0 Å². The summed E-state index contributed by atoms with van der Waals surface area (Å²) in [5, 5.41) is 12.7. The van der Waals surface area contributed by atoms with E-state index in [1.807, 2.05) is 6.07 Å². The number of para-hydroxylation sites is 1. The number of hydrogen-bond acceptors (Lipinski definition) is 1. The molecule has 2 aliphatic rings. The molecule has 1 aromatic heterocycles. The Bertz CT molecular complexity index is 3640. The maximum atomic E-state index is 6.34. The summed E-state index contributed by atoms with van der Waals surface area (Å²) in [5.74, 6) is 0. The van der Waals surface area contributed by atoms with Crippen LogP contribution in [0.25, 0.3) is 110 Å². The van der Waals surface area contributed by atoms with Gasteiger partial charge in [0.2, 0.25) is 0 Å². The quantitative estimate of drug-likeness (QED) is 0.161. The molecule has 1 nitrogen and oxygen atoms in total. The lowest BCUT2D eigenvalue weighted by Gasteiger charge is -2.32. The van der Waals surface area contributed by atoms with Gasteiger partial charge in [-0.1, -0.05) is 152 Å². The number of rotatable bonds is 2. The van der Waals surface area contributed by atoms with Gasteiger partial charge in [0.15, 0.2) is 0 Å². The van der Waals surface area contributed by atoms with Crippen molar-refractivity contribution in [3.05, 3.63) is 216 Å². The van der Waals surface area contributed by atoms with Crippen LogP contribution in [0.2, 0.25) is 0 Å². The van der Waals surface area contributed by atoms with E-state index in [1.165, 1.54) is 110 Å². The number of benzene rings is 11. The fraction of sp³-hybridized carbons (Fsp3) is 0.0175. The maximum Gasteiger partial charge on any atom is 0.135 e. The van der Waals surface area contributed by atoms with E-state index < -0.39 is 5.41 Å². The first-order valence-corrected chi connectivity index (χ1v) is 20.2. The summed E-state index contributed by atoms with van der Waals surface area (Å²) in [4.78, 5) is 0. The molecule has 2 aliphatic carbocycles. The standard InChI is InChI=1S/C57H32O/c1-5-16-48-41(12-1)42-13-2-6-17-49(42)57(48)50-18-7-3-15-44(50)55-45(36-26-27-52-47(32-36)43-14-4-8-19-51(43)58-52)31-37-23-22-35(30-46(37)56(55)57)40-28-38-24-20-33-10-9-11-34-21-25-39(29-40)54(38)53(33)34/h1-32H. The van der Waals surface area contributed by atoms with Gasteiger partial charge in [-0.25, -0.2) is 0 Å². The highest BCUT2D eigenvalue weighted by Gasteiger charge is 2.53. The van der Waals surface area contributed by atoms with Crippen molar-refractivity contribution in [2.75, 3.05) is 0 Å². The molecule has 1 heterocycles. The first kappa shape index (κ1) is 30.7. The molecule has 14 rings (SSSR count). The maximum absolute atomic E-state index is 6.34. The first-order chi connectivity index (χ1) is 28.7. The van der Waals surface area contributed by atoms with Gasteiger partial charge in [-0.3, -0.25) is 0 Å². The SMILES string of the molecule is c1ccc2c(c1)-c1ccccc1C21c2ccccc2-c2c(-c3ccc4oc5ccccc5c4c3)cc3ccc(-c4cc5ccc6cccc7ccc(c4)c5c67)cc3c21. The summed E-state index contributed by atoms with van der Waals surface area (Å²) in [5.41, 5.74) is 16.9. The summed E-state index contributed by atoms with van der Waals surface area (Å²) >= 11 is 0. The lowest BCUT2D eigenvalue weighted by Crippen LogP contribution is -2.26. The minimum absolute atomic E-state index is 0.494. The van der Waals surface area contributed by atoms with Gasteiger partial charge in [-0.05, 0) is 152 Å². The number of furan rings is 1. The first-order valence-electron chi connectivity index (χ1n) is 20.2. The van der Waals surface area contributed by atoms with E-state index in [0.717, 1.165) is 21.9 Å². The fourth-order valence-electron chi connectivity index (χ4n) is 11.2. The largest absolute Gasteiger partial charge is 0.456 e. The fourth-order valence-corrected chi connectivity index (χ4v) is 11.2. The molecule has 0 amide bonds. The Morgan fingerprint density at radius 2 is 0.862 bits per heavy atom. The van der Waals surface area contributed by atoms with Gasteiger partial charge < -0.3 is 4.42 Å². The zero-order chi connectivity index (χ0) is 37.7. The van der Waals surface area contributed by atoms with Crippen LogP contribution < -0.4 is 0 Å². The molecule has 0 atom stereocenters. The van der Waals surface area contributed by atoms with Crippen LogP contribution in [0.15, 0.2) is 199 Å². The molecule has 0 saturated carbocycles. The Morgan fingerprint density at radius 1 is 0.310 bits per heavy atom. The van der Waals surface area contributed by atoms with E-state index in [4.69, 9.17) is 4.42 Å². The van der Waals surface area contributed by atoms with Crippen LogP contribution in [0, 0.1) is 0 Å². The average molecular weight is 733 g/mol. The Morgan fingerprint density at radius 3 is 1.60 bits per heavy atom. The lowest BCUT2D eigenvalue weighted by molar-refractivity contribution is 0.669. The normalized spacial score (nSPS) is 13.7. The van der Waals surface area contributed by atoms with Crippen molar-refractivity contribution >= 4 is 65.0 Å². The zero-order valence-corrected chi connectivity index (χ0v) is 31.4. The summed E-state index contributed by atoms with van der Waals surface area (Å²) in [7, 11) is 0. The van der Waals surface area contributed by atoms with Crippen molar-refractivity contribution in [3.8, 4) is 44.5 Å². The monoisotopic (exact) mass is 732 g/mol. The Labute approximate surface area is 334 Å². The summed E-state index contributed by atoms with van der Waals surface area (Å²) < 4.78 is 6.34. The van der Waals surface area contributed by atoms with E-state index in [2.05, 4.69) is 188 Å². The molecular formula is C57H32O. The van der Waals surface area contributed by atoms with E-state index in [9.17, 15) is 0 Å². The molecular weight excluding hydrogens is 701 g/mol. The van der Waals surface area contributed by atoms with Crippen molar-refractivity contribution in [2.24, 2.45) is 0 Å². The predicted molar refractivity (Wildman–Crippen MR) is 242 cm³/mol. The highest BCUT2D eigenvalue weighted by atomic mass is 16.3. The molecule has 58 heavy (non-hydrogen) atoms. The molecule has 266 valence electrons. The smallest absolute Gasteiger partial charge is 0.135 e. The molecule has 0 aliphatic heterocycles. The lowest BCUT2D eigenvalue weighted by atomic mass is 9.69. The average Bonchev–Trinajstić information content (AvgIpc) is 3.92. The Balaban J connectivity index is 1.11. The van der Waals surface area contributed by atoms with Crippen LogP contribution >= 0.6 is 0 Å². The number of fused-ring (bicyclic) bond motifs is 15. The summed E-state index contributed by atoms with van der Waals surface area (Å²) in [6.07, 6.45) is 0. The molecule has 0 fully saturated rings. The van der Waals surface area contributed by atoms with E-state index >= 15 is 0 Å². The predicted octanol–water partition coefficient (Wildman–Crippen LogP) is 15.3. The molecule has 12 aromatic rings. The van der Waals surface area contributed by atoms with Crippen molar-refractivity contribution in [3.63, 3.8) is 0 Å². The van der Waals surface area contributed by atoms with Gasteiger partial charge >= 0.3 is 0 Å². The van der Waals surface area contributed by atoms with Crippen LogP contribution in [0.3, 0.4) is 0 Å². The van der Waals surface area contributed by atoms with Crippen LogP contribution in [0.5, 0.6) is 0 Å². The highest BCUT2D eigenvalue weighted by molar-refractivity contribution is 6.24. The van der Waals surface area contributed by atoms with Gasteiger partial charge in [0.25, 0.3) is 0 Å². The Kier molecular flexibility index (Phi) is 5.76. The third-order valence-corrected chi connectivity index (χ3v) is 13.6.